The van der Waals surface area contributed by atoms with Crippen LogP contribution >= 0.6 is 11.6 Å². The molecular formula is C20H29BClF2N3O5. The number of carbonyl (C=O) groups excluding carboxylic acids is 2. The van der Waals surface area contributed by atoms with Gasteiger partial charge in [0.25, 0.3) is 5.91 Å². The predicted molar refractivity (Wildman–Crippen MR) is 116 cm³/mol. The van der Waals surface area contributed by atoms with Crippen LogP contribution in [0.4, 0.5) is 8.78 Å². The Morgan fingerprint density at radius 3 is 2.44 bits per heavy atom. The first-order valence-electron chi connectivity index (χ1n) is 10.5. The van der Waals surface area contributed by atoms with Crippen molar-refractivity contribution < 1.29 is 32.8 Å². The summed E-state index contributed by atoms with van der Waals surface area (Å²) in [4.78, 5) is 26.7. The van der Waals surface area contributed by atoms with Gasteiger partial charge in [-0.25, -0.2) is 8.78 Å². The highest BCUT2D eigenvalue weighted by Crippen LogP contribution is 2.20. The van der Waals surface area contributed by atoms with E-state index in [1.807, 2.05) is 18.7 Å². The molecule has 0 spiro atoms. The number of hydrogen-bond donors (Lipinski definition) is 3. The first kappa shape index (κ1) is 26.5. The number of β-amino-alcohol motifs (C(OH)–C–C–N with tert-alkyl or cyclic N) is 1. The summed E-state index contributed by atoms with van der Waals surface area (Å²) in [5, 5.41) is 14.0. The van der Waals surface area contributed by atoms with Crippen molar-refractivity contribution in [3.63, 3.8) is 0 Å². The Labute approximate surface area is 191 Å². The minimum absolute atomic E-state index is 0.0525. The van der Waals surface area contributed by atoms with E-state index in [0.29, 0.717) is 51.4 Å². The van der Waals surface area contributed by atoms with Crippen molar-refractivity contribution in [1.82, 2.24) is 15.5 Å². The van der Waals surface area contributed by atoms with E-state index in [1.54, 1.807) is 0 Å². The largest absolute Gasteiger partial charge is 0.480 e. The number of hydrogen-bond acceptors (Lipinski definition) is 6. The number of nitrogens with one attached hydrogen (secondary N) is 2. The number of rotatable bonds is 9. The van der Waals surface area contributed by atoms with Crippen LogP contribution < -0.4 is 10.6 Å². The topological polar surface area (TPSA) is 100 Å². The molecule has 1 aromatic rings. The Morgan fingerprint density at radius 1 is 1.22 bits per heavy atom. The SMILES string of the molecule is CC(C)C[C@H](NC(=O)CNC(=O)c1cc(F)c(F)cc1Cl)B1OCCN(CCO)CCO1. The highest BCUT2D eigenvalue weighted by atomic mass is 35.5. The molecule has 1 saturated heterocycles. The number of benzene rings is 1. The third-order valence-corrected chi connectivity index (χ3v) is 5.17. The van der Waals surface area contributed by atoms with Gasteiger partial charge in [-0.15, -0.1) is 0 Å². The Balaban J connectivity index is 1.93. The van der Waals surface area contributed by atoms with Crippen LogP contribution in [0.25, 0.3) is 0 Å². The van der Waals surface area contributed by atoms with E-state index >= 15 is 0 Å². The van der Waals surface area contributed by atoms with Crippen LogP contribution in [0.5, 0.6) is 0 Å². The van der Waals surface area contributed by atoms with Crippen LogP contribution in [0.3, 0.4) is 0 Å². The molecule has 1 atom stereocenters. The van der Waals surface area contributed by atoms with Gasteiger partial charge in [-0.2, -0.15) is 0 Å². The summed E-state index contributed by atoms with van der Waals surface area (Å²) in [6, 6.07) is 1.39. The second-order valence-corrected chi connectivity index (χ2v) is 8.31. The number of aliphatic hydroxyl groups is 1. The normalized spacial score (nSPS) is 16.4. The smallest absolute Gasteiger partial charge is 0.408 e. The zero-order valence-electron chi connectivity index (χ0n) is 18.2. The van der Waals surface area contributed by atoms with Crippen LogP contribution in [0.1, 0.15) is 30.6 Å². The van der Waals surface area contributed by atoms with Gasteiger partial charge in [0, 0.05) is 32.8 Å². The van der Waals surface area contributed by atoms with E-state index in [9.17, 15) is 18.4 Å². The lowest BCUT2D eigenvalue weighted by atomic mass is 9.73. The molecule has 0 unspecified atom stereocenters. The molecule has 32 heavy (non-hydrogen) atoms. The monoisotopic (exact) mass is 475 g/mol. The summed E-state index contributed by atoms with van der Waals surface area (Å²) in [7, 11) is -0.658. The van der Waals surface area contributed by atoms with E-state index in [1.165, 1.54) is 0 Å². The van der Waals surface area contributed by atoms with Crippen molar-refractivity contribution in [2.24, 2.45) is 5.92 Å². The van der Waals surface area contributed by atoms with Crippen molar-refractivity contribution >= 4 is 30.5 Å². The van der Waals surface area contributed by atoms with Crippen LogP contribution in [0.15, 0.2) is 12.1 Å². The maximum Gasteiger partial charge on any atom is 0.480 e. The molecule has 0 radical (unpaired) electrons. The maximum absolute atomic E-state index is 13.4. The van der Waals surface area contributed by atoms with Crippen molar-refractivity contribution in [3.05, 3.63) is 34.4 Å². The second kappa shape index (κ2) is 13.1. The summed E-state index contributed by atoms with van der Waals surface area (Å²) in [6.45, 7) is 6.21. The lowest BCUT2D eigenvalue weighted by molar-refractivity contribution is -0.120. The molecule has 3 N–H and O–H groups in total. The van der Waals surface area contributed by atoms with Crippen molar-refractivity contribution in [1.29, 1.82) is 0 Å². The molecule has 0 aromatic heterocycles. The quantitative estimate of drug-likeness (QED) is 0.367. The highest BCUT2D eigenvalue weighted by molar-refractivity contribution is 6.47. The molecule has 1 aromatic carbocycles. The molecule has 8 nitrogen and oxygen atoms in total. The molecule has 0 saturated carbocycles. The van der Waals surface area contributed by atoms with E-state index < -0.39 is 36.5 Å². The Morgan fingerprint density at radius 2 is 1.84 bits per heavy atom. The average Bonchev–Trinajstić information content (AvgIpc) is 2.70. The molecule has 1 fully saturated rings. The highest BCUT2D eigenvalue weighted by Gasteiger charge is 2.33. The number of halogens is 3. The number of nitrogens with zero attached hydrogens (tertiary/aromatic N) is 1. The molecule has 1 aliphatic rings. The average molecular weight is 476 g/mol. The first-order valence-corrected chi connectivity index (χ1v) is 10.9. The van der Waals surface area contributed by atoms with Gasteiger partial charge in [0.2, 0.25) is 5.91 Å². The van der Waals surface area contributed by atoms with Gasteiger partial charge in [-0.1, -0.05) is 25.4 Å². The van der Waals surface area contributed by atoms with E-state index in [2.05, 4.69) is 10.6 Å². The molecule has 178 valence electrons. The van der Waals surface area contributed by atoms with Gasteiger partial charge in [0.05, 0.1) is 29.7 Å². The summed E-state index contributed by atoms with van der Waals surface area (Å²) < 4.78 is 38.2. The van der Waals surface area contributed by atoms with Crippen LogP contribution in [-0.4, -0.2) is 80.9 Å². The van der Waals surface area contributed by atoms with Gasteiger partial charge < -0.3 is 25.0 Å². The molecule has 0 aliphatic carbocycles. The molecule has 2 amide bonds. The minimum Gasteiger partial charge on any atom is -0.408 e. The minimum atomic E-state index is -1.21. The number of aliphatic hydroxyl groups excluding tert-OH is 1. The standard InChI is InChI=1S/C20H29BClF2N3O5/c1-13(2)9-18(21-31-7-4-27(3-6-28)5-8-32-21)26-19(29)12-25-20(30)14-10-16(23)17(24)11-15(14)22/h10-11,13,18,28H,3-9,12H2,1-2H3,(H,25,30)(H,26,29)/t18-/m0/s1. The fraction of sp³-hybridized carbons (Fsp3) is 0.600. The molecule has 0 bridgehead atoms. The van der Waals surface area contributed by atoms with E-state index in [-0.39, 0.29) is 29.7 Å². The predicted octanol–water partition coefficient (Wildman–Crippen LogP) is 1.25. The molecule has 1 heterocycles. The fourth-order valence-electron chi connectivity index (χ4n) is 3.31. The number of carbonyl (C=O) groups is 2. The van der Waals surface area contributed by atoms with E-state index in [4.69, 9.17) is 26.0 Å². The van der Waals surface area contributed by atoms with Gasteiger partial charge in [0.15, 0.2) is 11.6 Å². The lowest BCUT2D eigenvalue weighted by Gasteiger charge is -2.31. The maximum atomic E-state index is 13.4. The molecule has 1 aliphatic heterocycles. The Hall–Kier alpha value is -1.79. The van der Waals surface area contributed by atoms with Gasteiger partial charge >= 0.3 is 7.12 Å². The lowest BCUT2D eigenvalue weighted by Crippen LogP contribution is -2.54. The zero-order chi connectivity index (χ0) is 23.7. The Kier molecular flexibility index (Phi) is 10.8. The molecule has 12 heteroatoms. The molecular weight excluding hydrogens is 446 g/mol. The Bertz CT molecular complexity index is 780. The fourth-order valence-corrected chi connectivity index (χ4v) is 3.55. The third kappa shape index (κ3) is 8.29. The zero-order valence-corrected chi connectivity index (χ0v) is 19.0. The van der Waals surface area contributed by atoms with Crippen LogP contribution in [0.2, 0.25) is 5.02 Å². The van der Waals surface area contributed by atoms with Crippen LogP contribution in [0, 0.1) is 17.6 Å². The third-order valence-electron chi connectivity index (χ3n) is 4.86. The van der Waals surface area contributed by atoms with Gasteiger partial charge in [-0.3, -0.25) is 14.5 Å². The van der Waals surface area contributed by atoms with E-state index in [0.717, 1.165) is 0 Å². The van der Waals surface area contributed by atoms with Crippen molar-refractivity contribution in [2.45, 2.75) is 26.2 Å². The van der Waals surface area contributed by atoms with Gasteiger partial charge in [-0.05, 0) is 24.5 Å². The van der Waals surface area contributed by atoms with Crippen molar-refractivity contribution in [2.75, 3.05) is 46.0 Å². The second-order valence-electron chi connectivity index (χ2n) is 7.91. The van der Waals surface area contributed by atoms with Crippen LogP contribution in [-0.2, 0) is 14.1 Å². The number of amides is 2. The summed E-state index contributed by atoms with van der Waals surface area (Å²) in [6.07, 6.45) is 0.583. The molecule has 2 rings (SSSR count). The summed E-state index contributed by atoms with van der Waals surface area (Å²) >= 11 is 5.80. The first-order chi connectivity index (χ1) is 15.2. The van der Waals surface area contributed by atoms with Crippen molar-refractivity contribution in [3.8, 4) is 0 Å². The van der Waals surface area contributed by atoms with Gasteiger partial charge in [0.1, 0.15) is 0 Å². The summed E-state index contributed by atoms with van der Waals surface area (Å²) in [5.41, 5.74) is -0.267. The summed E-state index contributed by atoms with van der Waals surface area (Å²) in [5.74, 6) is -3.88.